The average molecular weight is 393 g/mol. The van der Waals surface area contributed by atoms with E-state index in [2.05, 4.69) is 9.97 Å². The zero-order chi connectivity index (χ0) is 18.8. The molecule has 7 nitrogen and oxygen atoms in total. The number of esters is 1. The minimum absolute atomic E-state index is 0.0428. The molecule has 2 aromatic rings. The predicted molar refractivity (Wildman–Crippen MR) is 99.3 cm³/mol. The van der Waals surface area contributed by atoms with Crippen molar-refractivity contribution in [1.82, 2.24) is 14.9 Å². The molecule has 2 amide bonds. The summed E-state index contributed by atoms with van der Waals surface area (Å²) in [6.07, 6.45) is 1.04. The van der Waals surface area contributed by atoms with Crippen molar-refractivity contribution < 1.29 is 19.1 Å². The van der Waals surface area contributed by atoms with Gasteiger partial charge in [-0.3, -0.25) is 19.3 Å². The van der Waals surface area contributed by atoms with Crippen LogP contribution in [0.2, 0.25) is 0 Å². The van der Waals surface area contributed by atoms with Crippen LogP contribution in [-0.2, 0) is 19.1 Å². The number of fused-ring (bicyclic) bond motifs is 1. The van der Waals surface area contributed by atoms with E-state index in [9.17, 15) is 14.4 Å². The first-order valence-corrected chi connectivity index (χ1v) is 10.0. The largest absolute Gasteiger partial charge is 0.455 e. The van der Waals surface area contributed by atoms with E-state index in [1.165, 1.54) is 16.6 Å². The van der Waals surface area contributed by atoms with E-state index in [1.54, 1.807) is 11.3 Å². The quantitative estimate of drug-likeness (QED) is 0.438. The van der Waals surface area contributed by atoms with Crippen LogP contribution in [0.25, 0.3) is 10.2 Å². The first kappa shape index (κ1) is 18.8. The maximum absolute atomic E-state index is 12.0. The summed E-state index contributed by atoms with van der Waals surface area (Å²) in [7, 11) is 0. The van der Waals surface area contributed by atoms with Gasteiger partial charge in [-0.05, 0) is 32.8 Å². The Morgan fingerprint density at radius 3 is 2.73 bits per heavy atom. The Morgan fingerprint density at radius 2 is 2.04 bits per heavy atom. The standard InChI is InChI=1S/C17H19N3O4S2/c1-9-10(2)26-17-15(9)16(18-11(3)19-17)25-8-14(23)24-7-13(22)20-6-4-5-12(20)21/h4-8H2,1-3H3. The molecule has 0 atom stereocenters. The number of aromatic nitrogens is 2. The van der Waals surface area contributed by atoms with Crippen molar-refractivity contribution in [2.75, 3.05) is 18.9 Å². The maximum atomic E-state index is 12.0. The number of carbonyl (C=O) groups excluding carboxylic acids is 3. The number of amides is 2. The van der Waals surface area contributed by atoms with Gasteiger partial charge in [0, 0.05) is 23.2 Å². The summed E-state index contributed by atoms with van der Waals surface area (Å²) in [5, 5.41) is 1.71. The second-order valence-electron chi connectivity index (χ2n) is 6.03. The number of aryl methyl sites for hydroxylation is 3. The Labute approximate surface area is 159 Å². The molecule has 2 aromatic heterocycles. The molecule has 1 aliphatic heterocycles. The molecule has 3 rings (SSSR count). The van der Waals surface area contributed by atoms with Crippen LogP contribution in [-0.4, -0.2) is 51.6 Å². The highest BCUT2D eigenvalue weighted by Gasteiger charge is 2.27. The zero-order valence-electron chi connectivity index (χ0n) is 14.8. The molecule has 0 aromatic carbocycles. The SMILES string of the molecule is Cc1nc(SCC(=O)OCC(=O)N2CCCC2=O)c2c(C)c(C)sc2n1. The number of hydrogen-bond acceptors (Lipinski definition) is 8. The van der Waals surface area contributed by atoms with Crippen LogP contribution in [0.3, 0.4) is 0 Å². The zero-order valence-corrected chi connectivity index (χ0v) is 16.5. The van der Waals surface area contributed by atoms with Crippen molar-refractivity contribution in [3.8, 4) is 0 Å². The monoisotopic (exact) mass is 393 g/mol. The first-order chi connectivity index (χ1) is 12.4. The lowest BCUT2D eigenvalue weighted by Crippen LogP contribution is -2.35. The van der Waals surface area contributed by atoms with Gasteiger partial charge in [0.15, 0.2) is 6.61 Å². The molecular weight excluding hydrogens is 374 g/mol. The van der Waals surface area contributed by atoms with Gasteiger partial charge in [0.2, 0.25) is 5.91 Å². The molecule has 0 unspecified atom stereocenters. The van der Waals surface area contributed by atoms with E-state index in [4.69, 9.17) is 4.74 Å². The Morgan fingerprint density at radius 1 is 1.27 bits per heavy atom. The van der Waals surface area contributed by atoms with Crippen LogP contribution < -0.4 is 0 Å². The molecule has 9 heteroatoms. The van der Waals surface area contributed by atoms with Crippen LogP contribution in [0.4, 0.5) is 0 Å². The fraction of sp³-hybridized carbons (Fsp3) is 0.471. The van der Waals surface area contributed by atoms with Gasteiger partial charge in [-0.15, -0.1) is 11.3 Å². The third-order valence-electron chi connectivity index (χ3n) is 4.17. The number of hydrogen-bond donors (Lipinski definition) is 0. The van der Waals surface area contributed by atoms with Gasteiger partial charge in [0.05, 0.1) is 5.75 Å². The topological polar surface area (TPSA) is 89.5 Å². The van der Waals surface area contributed by atoms with E-state index >= 15 is 0 Å². The summed E-state index contributed by atoms with van der Waals surface area (Å²) >= 11 is 2.88. The highest BCUT2D eigenvalue weighted by atomic mass is 32.2. The molecule has 1 saturated heterocycles. The van der Waals surface area contributed by atoms with Gasteiger partial charge in [-0.25, -0.2) is 9.97 Å². The number of thiophene rings is 1. The number of rotatable bonds is 5. The molecule has 26 heavy (non-hydrogen) atoms. The lowest BCUT2D eigenvalue weighted by molar-refractivity contribution is -0.153. The van der Waals surface area contributed by atoms with Gasteiger partial charge < -0.3 is 4.74 Å². The Hall–Kier alpha value is -2.00. The van der Waals surface area contributed by atoms with E-state index in [0.29, 0.717) is 25.2 Å². The van der Waals surface area contributed by atoms with Crippen LogP contribution in [0.15, 0.2) is 5.03 Å². The van der Waals surface area contributed by atoms with E-state index in [-0.39, 0.29) is 11.7 Å². The highest BCUT2D eigenvalue weighted by Crippen LogP contribution is 2.35. The molecule has 1 fully saturated rings. The van der Waals surface area contributed by atoms with E-state index in [1.807, 2.05) is 20.8 Å². The first-order valence-electron chi connectivity index (χ1n) is 8.22. The summed E-state index contributed by atoms with van der Waals surface area (Å²) in [6, 6.07) is 0. The van der Waals surface area contributed by atoms with Gasteiger partial charge in [0.1, 0.15) is 15.7 Å². The number of imide groups is 1. The van der Waals surface area contributed by atoms with Crippen molar-refractivity contribution in [1.29, 1.82) is 0 Å². The maximum Gasteiger partial charge on any atom is 0.316 e. The third kappa shape index (κ3) is 3.88. The highest BCUT2D eigenvalue weighted by molar-refractivity contribution is 8.00. The number of ether oxygens (including phenoxy) is 1. The van der Waals surface area contributed by atoms with Crippen LogP contribution >= 0.6 is 23.1 Å². The summed E-state index contributed by atoms with van der Waals surface area (Å²) in [4.78, 5) is 47.5. The number of thioether (sulfide) groups is 1. The van der Waals surface area contributed by atoms with Crippen LogP contribution in [0.5, 0.6) is 0 Å². The fourth-order valence-corrected chi connectivity index (χ4v) is 4.79. The van der Waals surface area contributed by atoms with E-state index in [0.717, 1.165) is 25.7 Å². The molecule has 138 valence electrons. The summed E-state index contributed by atoms with van der Waals surface area (Å²) < 4.78 is 5.02. The van der Waals surface area contributed by atoms with Crippen molar-refractivity contribution in [3.05, 3.63) is 16.3 Å². The second-order valence-corrected chi connectivity index (χ2v) is 8.20. The molecule has 1 aliphatic rings. The molecule has 0 saturated carbocycles. The summed E-state index contributed by atoms with van der Waals surface area (Å²) in [6.45, 7) is 5.86. The van der Waals surface area contributed by atoms with Gasteiger partial charge in [-0.2, -0.15) is 0 Å². The number of carbonyl (C=O) groups is 3. The van der Waals surface area contributed by atoms with Crippen LogP contribution in [0, 0.1) is 20.8 Å². The van der Waals surface area contributed by atoms with Crippen molar-refractivity contribution >= 4 is 51.1 Å². The minimum Gasteiger partial charge on any atom is -0.455 e. The molecule has 3 heterocycles. The molecule has 0 N–H and O–H groups in total. The number of nitrogens with zero attached hydrogens (tertiary/aromatic N) is 3. The van der Waals surface area contributed by atoms with E-state index < -0.39 is 18.5 Å². The van der Waals surface area contributed by atoms with Crippen molar-refractivity contribution in [2.24, 2.45) is 0 Å². The lowest BCUT2D eigenvalue weighted by Gasteiger charge is -2.13. The summed E-state index contributed by atoms with van der Waals surface area (Å²) in [5.41, 5.74) is 1.11. The normalized spacial score (nSPS) is 14.3. The van der Waals surface area contributed by atoms with Gasteiger partial charge in [0.25, 0.3) is 5.91 Å². The van der Waals surface area contributed by atoms with Crippen molar-refractivity contribution in [2.45, 2.75) is 38.6 Å². The van der Waals surface area contributed by atoms with Crippen LogP contribution in [0.1, 0.15) is 29.1 Å². The summed E-state index contributed by atoms with van der Waals surface area (Å²) in [5.74, 6) is -0.486. The molecule has 0 radical (unpaired) electrons. The smallest absolute Gasteiger partial charge is 0.316 e. The second kappa shape index (κ2) is 7.71. The average Bonchev–Trinajstić information content (AvgIpc) is 3.14. The third-order valence-corrected chi connectivity index (χ3v) is 6.22. The van der Waals surface area contributed by atoms with Crippen molar-refractivity contribution in [3.63, 3.8) is 0 Å². The molecular formula is C17H19N3O4S2. The van der Waals surface area contributed by atoms with Gasteiger partial charge in [-0.1, -0.05) is 11.8 Å². The Kier molecular flexibility index (Phi) is 5.57. The molecule has 0 aliphatic carbocycles. The van der Waals surface area contributed by atoms with Gasteiger partial charge >= 0.3 is 5.97 Å². The predicted octanol–water partition coefficient (Wildman–Crippen LogP) is 2.40. The minimum atomic E-state index is -0.510. The lowest BCUT2D eigenvalue weighted by atomic mass is 10.2. The number of likely N-dealkylation sites (tertiary alicyclic amines) is 1. The fourth-order valence-electron chi connectivity index (χ4n) is 2.72. The molecule has 0 spiro atoms. The Balaban J connectivity index is 1.60. The molecule has 0 bridgehead atoms. The Bertz CT molecular complexity index is 894.